The maximum atomic E-state index is 5.57. The van der Waals surface area contributed by atoms with Crippen LogP contribution in [0.15, 0.2) is 29.4 Å². The van der Waals surface area contributed by atoms with Crippen molar-refractivity contribution in [2.24, 2.45) is 16.7 Å². The Morgan fingerprint density at radius 3 is 2.77 bits per heavy atom. The summed E-state index contributed by atoms with van der Waals surface area (Å²) < 4.78 is 5.34. The molecule has 1 aromatic rings. The summed E-state index contributed by atoms with van der Waals surface area (Å²) in [6, 6.07) is 7.38. The van der Waals surface area contributed by atoms with Crippen LogP contribution in [0, 0.1) is 0 Å². The molecule has 0 heterocycles. The largest absolute Gasteiger partial charge is 0.493 e. The Hall–Kier alpha value is -1.71. The van der Waals surface area contributed by atoms with E-state index in [4.69, 9.17) is 16.3 Å². The zero-order chi connectivity index (χ0) is 9.68. The number of ether oxygens (including phenoxy) is 1. The van der Waals surface area contributed by atoms with E-state index >= 15 is 0 Å². The van der Waals surface area contributed by atoms with E-state index in [0.717, 1.165) is 5.56 Å². The third-order valence-electron chi connectivity index (χ3n) is 1.60. The van der Waals surface area contributed by atoms with Crippen molar-refractivity contribution in [1.29, 1.82) is 0 Å². The van der Waals surface area contributed by atoms with Crippen LogP contribution in [0.1, 0.15) is 12.5 Å². The Morgan fingerprint density at radius 1 is 1.46 bits per heavy atom. The fourth-order valence-corrected chi connectivity index (χ4v) is 1.03. The molecule has 0 bridgehead atoms. The van der Waals surface area contributed by atoms with Gasteiger partial charge in [0.25, 0.3) is 0 Å². The smallest absolute Gasteiger partial charge is 0.154 e. The lowest BCUT2D eigenvalue weighted by atomic mass is 10.3. The van der Waals surface area contributed by atoms with Crippen molar-refractivity contribution in [2.75, 3.05) is 6.61 Å². The van der Waals surface area contributed by atoms with Gasteiger partial charge in [-0.1, -0.05) is 12.1 Å². The normalized spacial score (nSPS) is 11.3. The van der Waals surface area contributed by atoms with Crippen LogP contribution in [0.3, 0.4) is 0 Å². The van der Waals surface area contributed by atoms with E-state index in [1.165, 1.54) is 0 Å². The second-order valence-electron chi connectivity index (χ2n) is 2.44. The molecule has 0 aliphatic heterocycles. The molecule has 0 amide bonds. The standard InChI is InChI=1S/C9H13N3O/c1-2-13-8-6-4-3-5-7(8)9(10)12-11/h3-6H,2,11H2,1H3,(H2,10,12)/i9+2. The summed E-state index contributed by atoms with van der Waals surface area (Å²) in [7, 11) is 0. The summed E-state index contributed by atoms with van der Waals surface area (Å²) in [4.78, 5) is 0. The third kappa shape index (κ3) is 2.11. The first kappa shape index (κ1) is 9.38. The maximum absolute atomic E-state index is 5.57. The Bertz CT molecular complexity index is 309. The van der Waals surface area contributed by atoms with Gasteiger partial charge in [-0.15, -0.1) is 0 Å². The van der Waals surface area contributed by atoms with Crippen molar-refractivity contribution in [3.05, 3.63) is 29.8 Å². The quantitative estimate of drug-likeness (QED) is 0.311. The van der Waals surface area contributed by atoms with Gasteiger partial charge in [-0.05, 0) is 19.1 Å². The first-order chi connectivity index (χ1) is 6.29. The lowest BCUT2D eigenvalue weighted by Gasteiger charge is -2.07. The first-order valence-electron chi connectivity index (χ1n) is 4.05. The number of benzene rings is 1. The van der Waals surface area contributed by atoms with Gasteiger partial charge >= 0.3 is 0 Å². The Balaban J connectivity index is 3.04. The lowest BCUT2D eigenvalue weighted by Crippen LogP contribution is -2.16. The minimum Gasteiger partial charge on any atom is -0.493 e. The molecule has 0 aliphatic rings. The van der Waals surface area contributed by atoms with Gasteiger partial charge < -0.3 is 16.3 Å². The number of hydrazone groups is 1. The predicted octanol–water partition coefficient (Wildman–Crippen LogP) is 0.664. The molecule has 4 N–H and O–H groups in total. The second kappa shape index (κ2) is 4.35. The molecule has 1 rings (SSSR count). The van der Waals surface area contributed by atoms with E-state index in [1.807, 2.05) is 31.2 Å². The molecule has 70 valence electrons. The van der Waals surface area contributed by atoms with E-state index in [2.05, 4.69) is 5.10 Å². The van der Waals surface area contributed by atoms with Crippen LogP contribution in [0.2, 0.25) is 0 Å². The van der Waals surface area contributed by atoms with Crippen molar-refractivity contribution in [2.45, 2.75) is 6.92 Å². The number of nitrogens with zero attached hydrogens (tertiary/aromatic N) is 1. The highest BCUT2D eigenvalue weighted by Crippen LogP contribution is 2.16. The Labute approximate surface area is 77.2 Å². The van der Waals surface area contributed by atoms with Crippen molar-refractivity contribution in [3.8, 4) is 5.75 Å². The molecule has 0 atom stereocenters. The molecular weight excluding hydrogens is 168 g/mol. The number of nitrogens with two attached hydrogens (primary N) is 2. The highest BCUT2D eigenvalue weighted by Gasteiger charge is 2.05. The molecule has 4 nitrogen and oxygen atoms in total. The molecule has 4 heteroatoms. The highest BCUT2D eigenvalue weighted by molar-refractivity contribution is 5.99. The van der Waals surface area contributed by atoms with Gasteiger partial charge in [0, 0.05) is 0 Å². The number of amidine groups is 1. The van der Waals surface area contributed by atoms with Gasteiger partial charge in [0.15, 0.2) is 5.84 Å². The van der Waals surface area contributed by atoms with Crippen LogP contribution in [-0.4, -0.2) is 12.4 Å². The van der Waals surface area contributed by atoms with Crippen LogP contribution < -0.4 is 16.3 Å². The molecular formula is C9H13N3O. The fraction of sp³-hybridized carbons (Fsp3) is 0.222. The SMILES string of the molecule is CCOc1ccccc1/[14C](N)=N/N. The molecule has 13 heavy (non-hydrogen) atoms. The van der Waals surface area contributed by atoms with Crippen LogP contribution in [0.5, 0.6) is 5.75 Å². The molecule has 0 spiro atoms. The number of hydrogen-bond donors (Lipinski definition) is 2. The second-order valence-corrected chi connectivity index (χ2v) is 2.44. The summed E-state index contributed by atoms with van der Waals surface area (Å²) in [6.45, 7) is 2.50. The van der Waals surface area contributed by atoms with Crippen molar-refractivity contribution in [3.63, 3.8) is 0 Å². The molecule has 0 saturated heterocycles. The third-order valence-corrected chi connectivity index (χ3v) is 1.60. The molecule has 0 saturated carbocycles. The van der Waals surface area contributed by atoms with Gasteiger partial charge in [-0.25, -0.2) is 0 Å². The van der Waals surface area contributed by atoms with E-state index in [9.17, 15) is 0 Å². The summed E-state index contributed by atoms with van der Waals surface area (Å²) in [5, 5.41) is 3.42. The minimum absolute atomic E-state index is 0.282. The van der Waals surface area contributed by atoms with Crippen LogP contribution in [0.4, 0.5) is 0 Å². The maximum Gasteiger partial charge on any atom is 0.154 e. The molecule has 0 radical (unpaired) electrons. The monoisotopic (exact) mass is 181 g/mol. The zero-order valence-corrected chi connectivity index (χ0v) is 7.53. The Kier molecular flexibility index (Phi) is 3.14. The van der Waals surface area contributed by atoms with Crippen molar-refractivity contribution < 1.29 is 4.74 Å². The van der Waals surface area contributed by atoms with Crippen molar-refractivity contribution >= 4 is 5.84 Å². The van der Waals surface area contributed by atoms with Gasteiger partial charge in [0.05, 0.1) is 12.2 Å². The van der Waals surface area contributed by atoms with Crippen molar-refractivity contribution in [1.82, 2.24) is 0 Å². The predicted molar refractivity (Wildman–Crippen MR) is 52.5 cm³/mol. The lowest BCUT2D eigenvalue weighted by molar-refractivity contribution is 0.339. The van der Waals surface area contributed by atoms with E-state index in [1.54, 1.807) is 0 Å². The van der Waals surface area contributed by atoms with Crippen LogP contribution in [0.25, 0.3) is 0 Å². The van der Waals surface area contributed by atoms with Gasteiger partial charge in [-0.2, -0.15) is 5.10 Å². The van der Waals surface area contributed by atoms with Gasteiger partial charge in [-0.3, -0.25) is 0 Å². The topological polar surface area (TPSA) is 73.6 Å². The average Bonchev–Trinajstić information content (AvgIpc) is 2.18. The van der Waals surface area contributed by atoms with Crippen LogP contribution >= 0.6 is 0 Å². The minimum atomic E-state index is 0.282. The number of rotatable bonds is 3. The van der Waals surface area contributed by atoms with E-state index in [-0.39, 0.29) is 5.84 Å². The number of hydrogen-bond acceptors (Lipinski definition) is 3. The average molecular weight is 181 g/mol. The molecule has 0 aliphatic carbocycles. The summed E-state index contributed by atoms with van der Waals surface area (Å²) in [5.74, 6) is 6.06. The van der Waals surface area contributed by atoms with Crippen LogP contribution in [-0.2, 0) is 0 Å². The highest BCUT2D eigenvalue weighted by atomic mass is 16.5. The molecule has 0 unspecified atom stereocenters. The van der Waals surface area contributed by atoms with E-state index in [0.29, 0.717) is 12.4 Å². The Morgan fingerprint density at radius 2 is 2.15 bits per heavy atom. The van der Waals surface area contributed by atoms with Gasteiger partial charge in [0.1, 0.15) is 5.75 Å². The summed E-state index contributed by atoms with van der Waals surface area (Å²) in [5.41, 5.74) is 6.30. The van der Waals surface area contributed by atoms with E-state index < -0.39 is 0 Å². The molecule has 1 aromatic carbocycles. The number of para-hydroxylation sites is 1. The summed E-state index contributed by atoms with van der Waals surface area (Å²) in [6.07, 6.45) is 0. The zero-order valence-electron chi connectivity index (χ0n) is 7.53. The van der Waals surface area contributed by atoms with Gasteiger partial charge in [0.2, 0.25) is 0 Å². The first-order valence-corrected chi connectivity index (χ1v) is 4.05. The molecule has 0 aromatic heterocycles. The fourth-order valence-electron chi connectivity index (χ4n) is 1.03. The molecule has 0 fully saturated rings. The summed E-state index contributed by atoms with van der Waals surface area (Å²) >= 11 is 0.